The summed E-state index contributed by atoms with van der Waals surface area (Å²) in [5.74, 6) is -0.320. The highest BCUT2D eigenvalue weighted by molar-refractivity contribution is 5.93. The lowest BCUT2D eigenvalue weighted by Gasteiger charge is -2.28. The number of nitrogens with one attached hydrogen (secondary N) is 1. The number of benzene rings is 1. The van der Waals surface area contributed by atoms with Crippen LogP contribution in [0.5, 0.6) is 0 Å². The van der Waals surface area contributed by atoms with Crippen LogP contribution in [0.2, 0.25) is 0 Å². The van der Waals surface area contributed by atoms with Gasteiger partial charge in [0.25, 0.3) is 5.91 Å². The summed E-state index contributed by atoms with van der Waals surface area (Å²) in [5.41, 5.74) is 0.142. The summed E-state index contributed by atoms with van der Waals surface area (Å²) in [7, 11) is 3.98. The van der Waals surface area contributed by atoms with Gasteiger partial charge in [0.2, 0.25) is 0 Å². The highest BCUT2D eigenvalue weighted by atomic mass is 35.5. The standard InChI is InChI=1S/C17H22N2O3.ClH/c1-17(2,11-19(3)4)10-18-16(21)15-9-13(20)12-7-5-6-8-14(12)22-15;/h5-9H,10-11H2,1-4H3,(H,18,21);1H/p-1. The van der Waals surface area contributed by atoms with E-state index >= 15 is 0 Å². The molecular weight excluding hydrogens is 316 g/mol. The maximum absolute atomic E-state index is 12.2. The highest BCUT2D eigenvalue weighted by Crippen LogP contribution is 2.15. The van der Waals surface area contributed by atoms with Crippen molar-refractivity contribution in [2.45, 2.75) is 13.8 Å². The Morgan fingerprint density at radius 1 is 1.26 bits per heavy atom. The van der Waals surface area contributed by atoms with Crippen molar-refractivity contribution >= 4 is 16.9 Å². The molecule has 0 aliphatic carbocycles. The van der Waals surface area contributed by atoms with Crippen LogP contribution >= 0.6 is 0 Å². The number of amides is 1. The van der Waals surface area contributed by atoms with Crippen LogP contribution in [-0.4, -0.2) is 38.0 Å². The molecule has 1 amide bonds. The van der Waals surface area contributed by atoms with Crippen LogP contribution in [0, 0.1) is 5.41 Å². The fourth-order valence-corrected chi connectivity index (χ4v) is 2.53. The number of hydrogen-bond donors (Lipinski definition) is 1. The first-order chi connectivity index (χ1) is 10.3. The molecule has 2 aromatic rings. The average molecular weight is 338 g/mol. The SMILES string of the molecule is CN(C)CC(C)(C)CNC(=O)c1cc(=O)c2ccccc2o1.[Cl-]. The van der Waals surface area contributed by atoms with Crippen molar-refractivity contribution in [3.8, 4) is 0 Å². The summed E-state index contributed by atoms with van der Waals surface area (Å²) in [6, 6.07) is 8.15. The first-order valence-electron chi connectivity index (χ1n) is 7.24. The molecule has 0 atom stereocenters. The molecule has 6 heteroatoms. The van der Waals surface area contributed by atoms with Gasteiger partial charge >= 0.3 is 0 Å². The fourth-order valence-electron chi connectivity index (χ4n) is 2.53. The van der Waals surface area contributed by atoms with E-state index in [2.05, 4.69) is 24.1 Å². The Hall–Kier alpha value is -1.85. The highest BCUT2D eigenvalue weighted by Gasteiger charge is 2.21. The zero-order chi connectivity index (χ0) is 16.3. The van der Waals surface area contributed by atoms with Crippen molar-refractivity contribution in [1.29, 1.82) is 0 Å². The van der Waals surface area contributed by atoms with E-state index in [4.69, 9.17) is 4.42 Å². The number of hydrogen-bond acceptors (Lipinski definition) is 4. The van der Waals surface area contributed by atoms with Crippen LogP contribution < -0.4 is 23.2 Å². The van der Waals surface area contributed by atoms with Gasteiger partial charge in [-0.1, -0.05) is 26.0 Å². The normalized spacial score (nSPS) is 11.3. The van der Waals surface area contributed by atoms with Crippen LogP contribution in [0.15, 0.2) is 39.5 Å². The van der Waals surface area contributed by atoms with Gasteiger partial charge in [-0.15, -0.1) is 0 Å². The van der Waals surface area contributed by atoms with Crippen molar-refractivity contribution in [3.05, 3.63) is 46.3 Å². The van der Waals surface area contributed by atoms with Crippen molar-refractivity contribution in [3.63, 3.8) is 0 Å². The fraction of sp³-hybridized carbons (Fsp3) is 0.412. The van der Waals surface area contributed by atoms with Crippen LogP contribution in [0.4, 0.5) is 0 Å². The Kier molecular flexibility index (Phi) is 6.36. The van der Waals surface area contributed by atoms with E-state index in [0.717, 1.165) is 6.54 Å². The number of carbonyl (C=O) groups excluding carboxylic acids is 1. The van der Waals surface area contributed by atoms with Crippen molar-refractivity contribution in [1.82, 2.24) is 10.2 Å². The maximum atomic E-state index is 12.2. The molecule has 0 spiro atoms. The molecule has 0 aliphatic rings. The molecule has 1 aromatic heterocycles. The number of nitrogens with zero attached hydrogens (tertiary/aromatic N) is 1. The summed E-state index contributed by atoms with van der Waals surface area (Å²) in [6.07, 6.45) is 0. The van der Waals surface area contributed by atoms with Gasteiger partial charge in [0.1, 0.15) is 5.58 Å². The van der Waals surface area contributed by atoms with Crippen molar-refractivity contribution in [2.75, 3.05) is 27.2 Å². The Bertz CT molecular complexity index is 738. The zero-order valence-electron chi connectivity index (χ0n) is 13.9. The summed E-state index contributed by atoms with van der Waals surface area (Å²) < 4.78 is 5.53. The first-order valence-corrected chi connectivity index (χ1v) is 7.24. The summed E-state index contributed by atoms with van der Waals surface area (Å²) in [5, 5.41) is 3.32. The summed E-state index contributed by atoms with van der Waals surface area (Å²) in [4.78, 5) is 26.3. The third-order valence-corrected chi connectivity index (χ3v) is 3.33. The molecule has 0 bridgehead atoms. The Labute approximate surface area is 142 Å². The Balaban J connectivity index is 0.00000264. The lowest BCUT2D eigenvalue weighted by Crippen LogP contribution is -3.00. The monoisotopic (exact) mass is 337 g/mol. The molecule has 126 valence electrons. The summed E-state index contributed by atoms with van der Waals surface area (Å²) >= 11 is 0. The van der Waals surface area contributed by atoms with Gasteiger partial charge in [0.15, 0.2) is 11.2 Å². The predicted molar refractivity (Wildman–Crippen MR) is 87.2 cm³/mol. The molecule has 23 heavy (non-hydrogen) atoms. The van der Waals surface area contributed by atoms with Crippen LogP contribution in [0.3, 0.4) is 0 Å². The van der Waals surface area contributed by atoms with E-state index in [1.54, 1.807) is 24.3 Å². The van der Waals surface area contributed by atoms with Gasteiger partial charge in [-0.2, -0.15) is 0 Å². The molecule has 0 aliphatic heterocycles. The van der Waals surface area contributed by atoms with E-state index < -0.39 is 0 Å². The van der Waals surface area contributed by atoms with Gasteiger partial charge < -0.3 is 27.0 Å². The third kappa shape index (κ3) is 5.08. The minimum absolute atomic E-state index is 0. The van der Waals surface area contributed by atoms with E-state index in [-0.39, 0.29) is 34.9 Å². The number of fused-ring (bicyclic) bond motifs is 1. The van der Waals surface area contributed by atoms with Crippen LogP contribution in [0.1, 0.15) is 24.4 Å². The minimum Gasteiger partial charge on any atom is -1.00 e. The van der Waals surface area contributed by atoms with Crippen molar-refractivity contribution in [2.24, 2.45) is 5.41 Å². The van der Waals surface area contributed by atoms with E-state index in [1.807, 2.05) is 14.1 Å². The zero-order valence-corrected chi connectivity index (χ0v) is 14.6. The van der Waals surface area contributed by atoms with Crippen LogP contribution in [-0.2, 0) is 0 Å². The Morgan fingerprint density at radius 2 is 1.91 bits per heavy atom. The van der Waals surface area contributed by atoms with E-state index in [9.17, 15) is 9.59 Å². The second-order valence-corrected chi connectivity index (χ2v) is 6.56. The topological polar surface area (TPSA) is 62.6 Å². The van der Waals surface area contributed by atoms with Gasteiger partial charge in [-0.05, 0) is 31.6 Å². The number of rotatable bonds is 5. The van der Waals surface area contributed by atoms with E-state index in [0.29, 0.717) is 17.5 Å². The number of carbonyl (C=O) groups is 1. The molecule has 1 N–H and O–H groups in total. The lowest BCUT2D eigenvalue weighted by atomic mass is 9.93. The van der Waals surface area contributed by atoms with Gasteiger partial charge in [-0.3, -0.25) is 9.59 Å². The largest absolute Gasteiger partial charge is 1.00 e. The molecule has 0 radical (unpaired) electrons. The van der Waals surface area contributed by atoms with Gasteiger partial charge in [-0.25, -0.2) is 0 Å². The maximum Gasteiger partial charge on any atom is 0.287 e. The Morgan fingerprint density at radius 3 is 2.57 bits per heavy atom. The second-order valence-electron chi connectivity index (χ2n) is 6.56. The quantitative estimate of drug-likeness (QED) is 0.769. The number of para-hydroxylation sites is 1. The molecule has 0 saturated carbocycles. The molecular formula is C17H22ClN2O3-. The smallest absolute Gasteiger partial charge is 0.287 e. The average Bonchev–Trinajstić information content (AvgIpc) is 2.43. The minimum atomic E-state index is -0.366. The van der Waals surface area contributed by atoms with Gasteiger partial charge in [0.05, 0.1) is 5.39 Å². The molecule has 0 unspecified atom stereocenters. The molecule has 0 saturated heterocycles. The van der Waals surface area contributed by atoms with Crippen LogP contribution in [0.25, 0.3) is 11.0 Å². The van der Waals surface area contributed by atoms with E-state index in [1.165, 1.54) is 6.07 Å². The molecule has 2 rings (SSSR count). The summed E-state index contributed by atoms with van der Waals surface area (Å²) in [6.45, 7) is 5.49. The molecule has 5 nitrogen and oxygen atoms in total. The number of halogens is 1. The molecule has 0 fully saturated rings. The van der Waals surface area contributed by atoms with Gasteiger partial charge in [0, 0.05) is 19.2 Å². The third-order valence-electron chi connectivity index (χ3n) is 3.33. The second kappa shape index (κ2) is 7.62. The lowest BCUT2D eigenvalue weighted by molar-refractivity contribution is -0.0000132. The predicted octanol–water partition coefficient (Wildman–Crippen LogP) is -0.885. The molecule has 1 aromatic carbocycles. The molecule has 1 heterocycles. The van der Waals surface area contributed by atoms with Crippen molar-refractivity contribution < 1.29 is 21.6 Å². The first kappa shape index (κ1) is 19.2.